The molecule has 19 heavy (non-hydrogen) atoms. The van der Waals surface area contributed by atoms with Crippen LogP contribution in [0.15, 0.2) is 26.8 Å². The lowest BCUT2D eigenvalue weighted by Gasteiger charge is -2.09. The molecule has 0 unspecified atom stereocenters. The summed E-state index contributed by atoms with van der Waals surface area (Å²) in [5.74, 6) is 0.0428. The number of rotatable bonds is 4. The zero-order valence-electron chi connectivity index (χ0n) is 10.2. The molecule has 0 bridgehead atoms. The standard InChI is InChI=1S/C13H13BrN2O3/c14-12-4-3-10(19-12)6-9(7-15)13(17)16-8-11-2-1-5-18-11/h3-4,6,11H,1-2,5,8H2,(H,16,17)/b9-6+/t11-/m1/s1. The summed E-state index contributed by atoms with van der Waals surface area (Å²) in [7, 11) is 0. The van der Waals surface area contributed by atoms with Crippen molar-refractivity contribution in [2.45, 2.75) is 18.9 Å². The van der Waals surface area contributed by atoms with E-state index in [9.17, 15) is 4.79 Å². The van der Waals surface area contributed by atoms with Crippen LogP contribution in [0.3, 0.4) is 0 Å². The normalized spacial score (nSPS) is 19.2. The number of nitrogens with zero attached hydrogens (tertiary/aromatic N) is 1. The molecule has 1 fully saturated rings. The first-order chi connectivity index (χ1) is 9.19. The van der Waals surface area contributed by atoms with Crippen molar-refractivity contribution in [3.8, 4) is 6.07 Å². The van der Waals surface area contributed by atoms with Crippen molar-refractivity contribution in [2.75, 3.05) is 13.2 Å². The van der Waals surface area contributed by atoms with Crippen LogP contribution in [0.2, 0.25) is 0 Å². The molecular weight excluding hydrogens is 312 g/mol. The summed E-state index contributed by atoms with van der Waals surface area (Å²) in [5.41, 5.74) is 0.0137. The van der Waals surface area contributed by atoms with Gasteiger partial charge >= 0.3 is 0 Å². The molecule has 1 aliphatic rings. The molecule has 5 nitrogen and oxygen atoms in total. The molecule has 2 rings (SSSR count). The third-order valence-corrected chi connectivity index (χ3v) is 3.19. The van der Waals surface area contributed by atoms with E-state index < -0.39 is 5.91 Å². The average Bonchev–Trinajstić information content (AvgIpc) is 3.04. The summed E-state index contributed by atoms with van der Waals surface area (Å²) in [4.78, 5) is 11.8. The summed E-state index contributed by atoms with van der Waals surface area (Å²) in [6.07, 6.45) is 3.43. The fourth-order valence-electron chi connectivity index (χ4n) is 1.80. The van der Waals surface area contributed by atoms with E-state index in [2.05, 4.69) is 21.2 Å². The van der Waals surface area contributed by atoms with Crippen LogP contribution in [-0.4, -0.2) is 25.2 Å². The van der Waals surface area contributed by atoms with Gasteiger partial charge in [0.25, 0.3) is 5.91 Å². The van der Waals surface area contributed by atoms with Crippen molar-refractivity contribution in [3.05, 3.63) is 28.1 Å². The highest BCUT2D eigenvalue weighted by Gasteiger charge is 2.17. The molecule has 0 aliphatic carbocycles. The molecule has 1 atom stereocenters. The van der Waals surface area contributed by atoms with Crippen LogP contribution >= 0.6 is 15.9 Å². The number of hydrogen-bond acceptors (Lipinski definition) is 4. The Labute approximate surface area is 119 Å². The lowest BCUT2D eigenvalue weighted by molar-refractivity contribution is -0.117. The Morgan fingerprint density at radius 2 is 2.47 bits per heavy atom. The largest absolute Gasteiger partial charge is 0.450 e. The highest BCUT2D eigenvalue weighted by Crippen LogP contribution is 2.16. The van der Waals surface area contributed by atoms with Crippen molar-refractivity contribution in [1.82, 2.24) is 5.32 Å². The molecular formula is C13H13BrN2O3. The number of carbonyl (C=O) groups excluding carboxylic acids is 1. The Balaban J connectivity index is 1.95. The first-order valence-corrected chi connectivity index (χ1v) is 6.75. The van der Waals surface area contributed by atoms with E-state index in [1.165, 1.54) is 6.08 Å². The quantitative estimate of drug-likeness (QED) is 0.680. The molecule has 0 spiro atoms. The van der Waals surface area contributed by atoms with E-state index in [1.807, 2.05) is 6.07 Å². The zero-order chi connectivity index (χ0) is 13.7. The molecule has 100 valence electrons. The van der Waals surface area contributed by atoms with E-state index in [0.29, 0.717) is 17.0 Å². The molecule has 6 heteroatoms. The summed E-state index contributed by atoms with van der Waals surface area (Å²) in [6, 6.07) is 5.24. The van der Waals surface area contributed by atoms with Gasteiger partial charge < -0.3 is 14.5 Å². The van der Waals surface area contributed by atoms with Gasteiger partial charge in [0.05, 0.1) is 6.10 Å². The maximum Gasteiger partial charge on any atom is 0.262 e. The maximum absolute atomic E-state index is 11.8. The number of hydrogen-bond donors (Lipinski definition) is 1. The fourth-order valence-corrected chi connectivity index (χ4v) is 2.12. The fraction of sp³-hybridized carbons (Fsp3) is 0.385. The molecule has 0 saturated carbocycles. The molecule has 1 aromatic rings. The predicted molar refractivity (Wildman–Crippen MR) is 72.0 cm³/mol. The van der Waals surface area contributed by atoms with E-state index in [-0.39, 0.29) is 11.7 Å². The van der Waals surface area contributed by atoms with Crippen LogP contribution in [0.4, 0.5) is 0 Å². The monoisotopic (exact) mass is 324 g/mol. The van der Waals surface area contributed by atoms with Gasteiger partial charge in [0, 0.05) is 19.2 Å². The third kappa shape index (κ3) is 3.94. The van der Waals surface area contributed by atoms with E-state index in [4.69, 9.17) is 14.4 Å². The highest BCUT2D eigenvalue weighted by molar-refractivity contribution is 9.10. The van der Waals surface area contributed by atoms with E-state index >= 15 is 0 Å². The van der Waals surface area contributed by atoms with Gasteiger partial charge in [-0.25, -0.2) is 0 Å². The van der Waals surface area contributed by atoms with Crippen LogP contribution in [0.5, 0.6) is 0 Å². The summed E-state index contributed by atoms with van der Waals surface area (Å²) < 4.78 is 11.2. The van der Waals surface area contributed by atoms with Crippen molar-refractivity contribution < 1.29 is 13.9 Å². The average molecular weight is 325 g/mol. The van der Waals surface area contributed by atoms with Crippen LogP contribution < -0.4 is 5.32 Å². The van der Waals surface area contributed by atoms with E-state index in [1.54, 1.807) is 12.1 Å². The smallest absolute Gasteiger partial charge is 0.262 e. The SMILES string of the molecule is N#C/C(=C\c1ccc(Br)o1)C(=O)NC[C@H]1CCCO1. The third-order valence-electron chi connectivity index (χ3n) is 2.76. The van der Waals surface area contributed by atoms with Crippen LogP contribution in [0.25, 0.3) is 6.08 Å². The Morgan fingerprint density at radius 1 is 1.63 bits per heavy atom. The van der Waals surface area contributed by atoms with Crippen LogP contribution in [0.1, 0.15) is 18.6 Å². The van der Waals surface area contributed by atoms with Gasteiger partial charge in [0.15, 0.2) is 4.67 Å². The summed E-state index contributed by atoms with van der Waals surface area (Å²) in [5, 5.41) is 11.7. The maximum atomic E-state index is 11.8. The number of nitriles is 1. The van der Waals surface area contributed by atoms with Gasteiger partial charge in [-0.15, -0.1) is 0 Å². The summed E-state index contributed by atoms with van der Waals surface area (Å²) in [6.45, 7) is 1.17. The Bertz CT molecular complexity index is 524. The summed E-state index contributed by atoms with van der Waals surface area (Å²) >= 11 is 3.16. The van der Waals surface area contributed by atoms with Crippen LogP contribution in [0, 0.1) is 11.3 Å². The molecule has 1 aliphatic heterocycles. The number of halogens is 1. The number of carbonyl (C=O) groups is 1. The van der Waals surface area contributed by atoms with Crippen molar-refractivity contribution in [2.24, 2.45) is 0 Å². The lowest BCUT2D eigenvalue weighted by Crippen LogP contribution is -2.32. The van der Waals surface area contributed by atoms with Gasteiger partial charge in [0.2, 0.25) is 0 Å². The Kier molecular flexibility index (Phi) is 4.77. The molecule has 0 aromatic carbocycles. The molecule has 1 saturated heterocycles. The minimum absolute atomic E-state index is 0.0137. The van der Waals surface area contributed by atoms with Crippen molar-refractivity contribution in [1.29, 1.82) is 5.26 Å². The van der Waals surface area contributed by atoms with Gasteiger partial charge in [0.1, 0.15) is 17.4 Å². The van der Waals surface area contributed by atoms with Crippen molar-refractivity contribution in [3.63, 3.8) is 0 Å². The Hall–Kier alpha value is -1.58. The molecule has 1 aromatic heterocycles. The lowest BCUT2D eigenvalue weighted by atomic mass is 10.2. The van der Waals surface area contributed by atoms with E-state index in [0.717, 1.165) is 19.4 Å². The minimum atomic E-state index is -0.412. The van der Waals surface area contributed by atoms with Gasteiger partial charge in [-0.1, -0.05) is 0 Å². The second-order valence-corrected chi connectivity index (χ2v) is 4.94. The number of amides is 1. The minimum Gasteiger partial charge on any atom is -0.450 e. The molecule has 1 amide bonds. The molecule has 2 heterocycles. The second-order valence-electron chi connectivity index (χ2n) is 4.16. The van der Waals surface area contributed by atoms with Crippen LogP contribution in [-0.2, 0) is 9.53 Å². The number of ether oxygens (including phenoxy) is 1. The number of nitrogens with one attached hydrogen (secondary N) is 1. The topological polar surface area (TPSA) is 75.3 Å². The first-order valence-electron chi connectivity index (χ1n) is 5.96. The highest BCUT2D eigenvalue weighted by atomic mass is 79.9. The predicted octanol–water partition coefficient (Wildman–Crippen LogP) is 2.24. The van der Waals surface area contributed by atoms with Gasteiger partial charge in [-0.05, 0) is 40.9 Å². The molecule has 1 N–H and O–H groups in total. The van der Waals surface area contributed by atoms with Crippen molar-refractivity contribution >= 4 is 27.9 Å². The number of furan rings is 1. The Morgan fingerprint density at radius 3 is 3.05 bits per heavy atom. The molecule has 0 radical (unpaired) electrons. The zero-order valence-corrected chi connectivity index (χ0v) is 11.8. The second kappa shape index (κ2) is 6.55. The van der Waals surface area contributed by atoms with Gasteiger partial charge in [-0.2, -0.15) is 5.26 Å². The first kappa shape index (κ1) is 13.8. The van der Waals surface area contributed by atoms with Gasteiger partial charge in [-0.3, -0.25) is 4.79 Å².